The summed E-state index contributed by atoms with van der Waals surface area (Å²) in [6, 6.07) is 7.89. The summed E-state index contributed by atoms with van der Waals surface area (Å²) in [5.74, 6) is 0. The maximum absolute atomic E-state index is 9.31. The third-order valence-electron chi connectivity index (χ3n) is 3.76. The molecule has 0 fully saturated rings. The van der Waals surface area contributed by atoms with Crippen LogP contribution in [0.4, 0.5) is 0 Å². The summed E-state index contributed by atoms with van der Waals surface area (Å²) in [4.78, 5) is 0. The zero-order valence-corrected chi connectivity index (χ0v) is 11.4. The average molecular weight is 256 g/mol. The summed E-state index contributed by atoms with van der Waals surface area (Å²) >= 11 is 5.91. The molecule has 17 heavy (non-hydrogen) atoms. The van der Waals surface area contributed by atoms with E-state index in [1.54, 1.807) is 0 Å². The summed E-state index contributed by atoms with van der Waals surface area (Å²) in [7, 11) is 0. The molecule has 3 N–H and O–H groups in total. The lowest BCUT2D eigenvalue weighted by atomic mass is 9.69. The first-order chi connectivity index (χ1) is 8.10. The fraction of sp³-hybridized carbons (Fsp3) is 0.571. The number of nitrogens with two attached hydrogens (primary N) is 1. The highest BCUT2D eigenvalue weighted by molar-refractivity contribution is 6.30. The predicted molar refractivity (Wildman–Crippen MR) is 73.4 cm³/mol. The maximum Gasteiger partial charge on any atom is 0.0440 e. The van der Waals surface area contributed by atoms with Gasteiger partial charge in [-0.2, -0.15) is 0 Å². The lowest BCUT2D eigenvalue weighted by Crippen LogP contribution is -2.45. The van der Waals surface area contributed by atoms with Crippen molar-refractivity contribution < 1.29 is 5.11 Å². The normalized spacial score (nSPS) is 16.5. The Bertz CT molecular complexity index is 339. The van der Waals surface area contributed by atoms with Crippen LogP contribution in [0.15, 0.2) is 24.3 Å². The summed E-state index contributed by atoms with van der Waals surface area (Å²) in [5.41, 5.74) is 7.30. The van der Waals surface area contributed by atoms with Crippen LogP contribution in [0.2, 0.25) is 5.02 Å². The van der Waals surface area contributed by atoms with E-state index in [1.165, 1.54) is 5.56 Å². The minimum atomic E-state index is -0.145. The Labute approximate surface area is 109 Å². The molecule has 0 bridgehead atoms. The molecule has 1 aromatic carbocycles. The second-order valence-corrected chi connectivity index (χ2v) is 4.94. The van der Waals surface area contributed by atoms with Gasteiger partial charge in [-0.15, -0.1) is 0 Å². The van der Waals surface area contributed by atoms with Crippen molar-refractivity contribution in [2.24, 2.45) is 5.73 Å². The number of benzene rings is 1. The van der Waals surface area contributed by atoms with Gasteiger partial charge in [0, 0.05) is 23.1 Å². The molecule has 2 atom stereocenters. The van der Waals surface area contributed by atoms with Crippen molar-refractivity contribution >= 4 is 11.6 Å². The smallest absolute Gasteiger partial charge is 0.0440 e. The topological polar surface area (TPSA) is 46.2 Å². The van der Waals surface area contributed by atoms with Crippen LogP contribution in [0.5, 0.6) is 0 Å². The molecule has 1 rings (SSSR count). The van der Waals surface area contributed by atoms with Crippen molar-refractivity contribution in [1.29, 1.82) is 0 Å². The monoisotopic (exact) mass is 255 g/mol. The van der Waals surface area contributed by atoms with E-state index in [4.69, 9.17) is 17.3 Å². The van der Waals surface area contributed by atoms with Crippen molar-refractivity contribution in [3.63, 3.8) is 0 Å². The van der Waals surface area contributed by atoms with Gasteiger partial charge >= 0.3 is 0 Å². The summed E-state index contributed by atoms with van der Waals surface area (Å²) < 4.78 is 0. The molecule has 3 heteroatoms. The second kappa shape index (κ2) is 6.39. The summed E-state index contributed by atoms with van der Waals surface area (Å²) in [5, 5.41) is 10.0. The lowest BCUT2D eigenvalue weighted by Gasteiger charge is -2.38. The zero-order valence-electron chi connectivity index (χ0n) is 10.6. The van der Waals surface area contributed by atoms with E-state index < -0.39 is 0 Å². The summed E-state index contributed by atoms with van der Waals surface area (Å²) in [6.45, 7) is 4.37. The molecular formula is C14H22ClNO. The van der Waals surface area contributed by atoms with Gasteiger partial charge in [-0.3, -0.25) is 0 Å². The fourth-order valence-corrected chi connectivity index (χ4v) is 2.68. The molecule has 0 radical (unpaired) electrons. The van der Waals surface area contributed by atoms with Gasteiger partial charge in [0.25, 0.3) is 0 Å². The van der Waals surface area contributed by atoms with E-state index in [1.807, 2.05) is 24.3 Å². The zero-order chi connectivity index (χ0) is 12.9. The Hall–Kier alpha value is -0.570. The van der Waals surface area contributed by atoms with Gasteiger partial charge in [-0.1, -0.05) is 37.6 Å². The molecule has 0 spiro atoms. The average Bonchev–Trinajstić information content (AvgIpc) is 2.36. The first-order valence-corrected chi connectivity index (χ1v) is 6.61. The van der Waals surface area contributed by atoms with E-state index in [2.05, 4.69) is 13.8 Å². The Morgan fingerprint density at radius 3 is 2.29 bits per heavy atom. The Morgan fingerprint density at radius 1 is 1.29 bits per heavy atom. The number of hydrogen-bond acceptors (Lipinski definition) is 2. The van der Waals surface area contributed by atoms with Crippen LogP contribution in [0.25, 0.3) is 0 Å². The number of hydrogen-bond donors (Lipinski definition) is 2. The molecular weight excluding hydrogens is 234 g/mol. The van der Waals surface area contributed by atoms with Crippen LogP contribution in [0.3, 0.4) is 0 Å². The SMILES string of the molecule is CCC(N)C(CC)(CCO)c1ccc(Cl)cc1. The lowest BCUT2D eigenvalue weighted by molar-refractivity contribution is 0.206. The molecule has 0 heterocycles. The molecule has 0 saturated carbocycles. The van der Waals surface area contributed by atoms with Gasteiger partial charge in [0.1, 0.15) is 0 Å². The van der Waals surface area contributed by atoms with Crippen molar-refractivity contribution in [1.82, 2.24) is 0 Å². The van der Waals surface area contributed by atoms with Crippen LogP contribution in [-0.4, -0.2) is 17.8 Å². The van der Waals surface area contributed by atoms with Crippen molar-refractivity contribution in [2.75, 3.05) is 6.61 Å². The molecule has 0 aliphatic rings. The molecule has 1 aromatic rings. The van der Waals surface area contributed by atoms with Crippen molar-refractivity contribution in [3.8, 4) is 0 Å². The third kappa shape index (κ3) is 3.01. The van der Waals surface area contributed by atoms with Gasteiger partial charge in [0.05, 0.1) is 0 Å². The Morgan fingerprint density at radius 2 is 1.88 bits per heavy atom. The number of aliphatic hydroxyl groups excluding tert-OH is 1. The van der Waals surface area contributed by atoms with Gasteiger partial charge in [0.15, 0.2) is 0 Å². The quantitative estimate of drug-likeness (QED) is 0.821. The Kier molecular flexibility index (Phi) is 5.44. The van der Waals surface area contributed by atoms with Gasteiger partial charge in [0.2, 0.25) is 0 Å². The molecule has 0 aromatic heterocycles. The first-order valence-electron chi connectivity index (χ1n) is 6.23. The Balaban J connectivity index is 3.16. The minimum absolute atomic E-state index is 0.0563. The standard InChI is InChI=1S/C14H22ClNO/c1-3-13(16)14(4-2,9-10-17)11-5-7-12(15)8-6-11/h5-8,13,17H,3-4,9-10,16H2,1-2H3. The second-order valence-electron chi connectivity index (χ2n) is 4.50. The number of halogens is 1. The van der Waals surface area contributed by atoms with E-state index in [0.717, 1.165) is 17.9 Å². The van der Waals surface area contributed by atoms with E-state index in [9.17, 15) is 5.11 Å². The largest absolute Gasteiger partial charge is 0.396 e. The van der Waals surface area contributed by atoms with E-state index >= 15 is 0 Å². The van der Waals surface area contributed by atoms with Gasteiger partial charge in [-0.25, -0.2) is 0 Å². The maximum atomic E-state index is 9.31. The van der Waals surface area contributed by atoms with Crippen LogP contribution < -0.4 is 5.73 Å². The van der Waals surface area contributed by atoms with Gasteiger partial charge in [-0.05, 0) is 37.0 Å². The van der Waals surface area contributed by atoms with E-state index in [0.29, 0.717) is 6.42 Å². The van der Waals surface area contributed by atoms with Crippen LogP contribution in [0.1, 0.15) is 38.7 Å². The molecule has 0 saturated heterocycles. The highest BCUT2D eigenvalue weighted by Crippen LogP contribution is 2.36. The number of rotatable bonds is 6. The van der Waals surface area contributed by atoms with Crippen molar-refractivity contribution in [3.05, 3.63) is 34.9 Å². The summed E-state index contributed by atoms with van der Waals surface area (Å²) in [6.07, 6.45) is 2.51. The molecule has 96 valence electrons. The first kappa shape index (κ1) is 14.5. The highest BCUT2D eigenvalue weighted by Gasteiger charge is 2.35. The van der Waals surface area contributed by atoms with Crippen LogP contribution in [-0.2, 0) is 5.41 Å². The molecule has 2 nitrogen and oxygen atoms in total. The van der Waals surface area contributed by atoms with E-state index in [-0.39, 0.29) is 18.1 Å². The number of aliphatic hydroxyl groups is 1. The fourth-order valence-electron chi connectivity index (χ4n) is 2.56. The van der Waals surface area contributed by atoms with Crippen LogP contribution >= 0.6 is 11.6 Å². The van der Waals surface area contributed by atoms with Crippen LogP contribution in [0, 0.1) is 0 Å². The highest BCUT2D eigenvalue weighted by atomic mass is 35.5. The predicted octanol–water partition coefficient (Wildman–Crippen LogP) is 3.11. The molecule has 0 aliphatic carbocycles. The molecule has 0 amide bonds. The molecule has 0 aliphatic heterocycles. The third-order valence-corrected chi connectivity index (χ3v) is 4.01. The van der Waals surface area contributed by atoms with Crippen molar-refractivity contribution in [2.45, 2.75) is 44.6 Å². The van der Waals surface area contributed by atoms with Gasteiger partial charge < -0.3 is 10.8 Å². The minimum Gasteiger partial charge on any atom is -0.396 e. The molecule has 2 unspecified atom stereocenters.